The lowest BCUT2D eigenvalue weighted by Gasteiger charge is -2.41. The van der Waals surface area contributed by atoms with Gasteiger partial charge in [0.05, 0.1) is 17.8 Å². The molecule has 2 fully saturated rings. The predicted octanol–water partition coefficient (Wildman–Crippen LogP) is 3.18. The molecule has 3 aliphatic rings. The molecule has 0 aliphatic carbocycles. The lowest BCUT2D eigenvalue weighted by atomic mass is 10.0. The Morgan fingerprint density at radius 2 is 2.02 bits per heavy atom. The Morgan fingerprint density at radius 1 is 1.15 bits per heavy atom. The van der Waals surface area contributed by atoms with E-state index >= 15 is 0 Å². The summed E-state index contributed by atoms with van der Waals surface area (Å²) >= 11 is 0. The number of ether oxygens (including phenoxy) is 1. The van der Waals surface area contributed by atoms with Gasteiger partial charge < -0.3 is 29.2 Å². The van der Waals surface area contributed by atoms with Crippen LogP contribution in [0.25, 0.3) is 15.7 Å². The molecule has 0 bridgehead atoms. The van der Waals surface area contributed by atoms with Crippen molar-refractivity contribution in [3.05, 3.63) is 71.9 Å². The lowest BCUT2D eigenvalue weighted by molar-refractivity contribution is -0.128. The summed E-state index contributed by atoms with van der Waals surface area (Å²) in [7, 11) is 2.14. The number of likely N-dealkylation sites (N-methyl/N-ethyl adjacent to an activating group) is 1. The molecular formula is C31H36N8O2. The van der Waals surface area contributed by atoms with Crippen molar-refractivity contribution in [1.82, 2.24) is 24.8 Å². The molecule has 0 saturated carbocycles. The number of fused-ring (bicyclic) bond motifs is 2. The fourth-order valence-electron chi connectivity index (χ4n) is 6.35. The average molecular weight is 553 g/mol. The van der Waals surface area contributed by atoms with E-state index in [0.717, 1.165) is 59.6 Å². The molecule has 5 heterocycles. The maximum Gasteiger partial charge on any atom is 0.318 e. The number of para-hydroxylation sites is 1. The number of carbonyl (C=O) groups is 1. The summed E-state index contributed by atoms with van der Waals surface area (Å²) in [5.41, 5.74) is 4.20. The summed E-state index contributed by atoms with van der Waals surface area (Å²) in [6.45, 7) is 16.1. The first-order valence-corrected chi connectivity index (χ1v) is 14.4. The van der Waals surface area contributed by atoms with Gasteiger partial charge in [-0.25, -0.2) is 6.57 Å². The normalized spacial score (nSPS) is 21.0. The Kier molecular flexibility index (Phi) is 7.70. The van der Waals surface area contributed by atoms with Crippen LogP contribution in [0.5, 0.6) is 6.01 Å². The van der Waals surface area contributed by atoms with Gasteiger partial charge in [0, 0.05) is 55.1 Å². The molecule has 3 aromatic rings. The van der Waals surface area contributed by atoms with E-state index in [4.69, 9.17) is 21.3 Å². The molecule has 10 heteroatoms. The van der Waals surface area contributed by atoms with Crippen LogP contribution in [-0.2, 0) is 17.8 Å². The summed E-state index contributed by atoms with van der Waals surface area (Å²) in [5, 5.41) is 1.12. The predicted molar refractivity (Wildman–Crippen MR) is 159 cm³/mol. The maximum absolute atomic E-state index is 12.5. The molecular weight excluding hydrogens is 516 g/mol. The molecule has 2 aromatic heterocycles. The first-order valence-electron chi connectivity index (χ1n) is 14.4. The van der Waals surface area contributed by atoms with Gasteiger partial charge in [0.25, 0.3) is 0 Å². The second-order valence-electron chi connectivity index (χ2n) is 11.0. The molecule has 1 unspecified atom stereocenters. The summed E-state index contributed by atoms with van der Waals surface area (Å²) in [6.07, 6.45) is 6.27. The van der Waals surface area contributed by atoms with E-state index in [1.807, 2.05) is 24.4 Å². The van der Waals surface area contributed by atoms with Gasteiger partial charge in [-0.05, 0) is 51.1 Å². The largest absolute Gasteiger partial charge is 0.462 e. The molecule has 3 aliphatic heterocycles. The van der Waals surface area contributed by atoms with Gasteiger partial charge in [0.15, 0.2) is 0 Å². The number of rotatable bonds is 7. The first kappa shape index (κ1) is 27.0. The fraction of sp³-hybridized carbons (Fsp3) is 0.452. The SMILES string of the molecule is [C-]#[N+]CC1CN(c2nc(OC[C@@H]3CCCN3C)nc3c2CCN(c2ccnc4ccccc24)C3)CCN1C(=O)C=C. The van der Waals surface area contributed by atoms with Crippen LogP contribution in [0.4, 0.5) is 11.5 Å². The summed E-state index contributed by atoms with van der Waals surface area (Å²) in [4.78, 5) is 39.3. The van der Waals surface area contributed by atoms with Crippen LogP contribution in [-0.4, -0.2) is 95.7 Å². The maximum atomic E-state index is 12.5. The van der Waals surface area contributed by atoms with Crippen molar-refractivity contribution in [2.45, 2.75) is 37.9 Å². The number of amides is 1. The Hall–Kier alpha value is -4.23. The molecule has 10 nitrogen and oxygen atoms in total. The van der Waals surface area contributed by atoms with Crippen molar-refractivity contribution in [1.29, 1.82) is 0 Å². The zero-order valence-corrected chi connectivity index (χ0v) is 23.6. The van der Waals surface area contributed by atoms with Crippen molar-refractivity contribution in [3.63, 3.8) is 0 Å². The highest BCUT2D eigenvalue weighted by atomic mass is 16.5. The standard InChI is InChI=1S/C31H36N8O2/c1-4-29(40)39-17-16-38(19-23(39)18-32-2)30-25-12-15-37(28-11-13-33-26-10-6-5-9-24(26)28)20-27(25)34-31(35-30)41-21-22-8-7-14-36(22)3/h4-6,9-11,13,22-23H,1,7-8,12,14-21H2,3H3/t22-,23?/m0/s1. The first-order chi connectivity index (χ1) is 20.1. The third-order valence-corrected chi connectivity index (χ3v) is 8.61. The minimum Gasteiger partial charge on any atom is -0.462 e. The van der Waals surface area contributed by atoms with Gasteiger partial charge in [-0.1, -0.05) is 24.8 Å². The molecule has 212 valence electrons. The van der Waals surface area contributed by atoms with Gasteiger partial charge >= 0.3 is 6.01 Å². The third kappa shape index (κ3) is 5.42. The number of aromatic nitrogens is 3. The summed E-state index contributed by atoms with van der Waals surface area (Å²) in [5.74, 6) is 0.734. The quantitative estimate of drug-likeness (QED) is 0.327. The Morgan fingerprint density at radius 3 is 2.83 bits per heavy atom. The molecule has 41 heavy (non-hydrogen) atoms. The molecule has 0 N–H and O–H groups in total. The molecule has 2 atom stereocenters. The zero-order valence-electron chi connectivity index (χ0n) is 23.6. The summed E-state index contributed by atoms with van der Waals surface area (Å²) < 4.78 is 6.27. The molecule has 0 radical (unpaired) electrons. The second kappa shape index (κ2) is 11.7. The number of carbonyl (C=O) groups excluding carboxylic acids is 1. The number of pyridine rings is 1. The van der Waals surface area contributed by atoms with E-state index in [0.29, 0.717) is 44.8 Å². The topological polar surface area (TPSA) is 82.3 Å². The number of likely N-dealkylation sites (tertiary alicyclic amines) is 1. The fourth-order valence-corrected chi connectivity index (χ4v) is 6.35. The van der Waals surface area contributed by atoms with Crippen molar-refractivity contribution in [2.24, 2.45) is 0 Å². The van der Waals surface area contributed by atoms with Crippen LogP contribution in [0.15, 0.2) is 49.2 Å². The number of hydrogen-bond donors (Lipinski definition) is 0. The monoisotopic (exact) mass is 552 g/mol. The van der Waals surface area contributed by atoms with E-state index in [-0.39, 0.29) is 18.5 Å². The highest BCUT2D eigenvalue weighted by Gasteiger charge is 2.35. The Labute approximate surface area is 241 Å². The lowest BCUT2D eigenvalue weighted by Crippen LogP contribution is -2.56. The van der Waals surface area contributed by atoms with Crippen molar-refractivity contribution in [2.75, 3.05) is 62.7 Å². The minimum absolute atomic E-state index is 0.132. The van der Waals surface area contributed by atoms with E-state index in [2.05, 4.69) is 50.3 Å². The molecule has 2 saturated heterocycles. The molecule has 1 amide bonds. The van der Waals surface area contributed by atoms with Crippen LogP contribution in [0.1, 0.15) is 24.1 Å². The van der Waals surface area contributed by atoms with Gasteiger partial charge in [-0.2, -0.15) is 9.97 Å². The highest BCUT2D eigenvalue weighted by molar-refractivity contribution is 5.91. The number of anilines is 2. The number of piperazine rings is 1. The van der Waals surface area contributed by atoms with E-state index in [1.165, 1.54) is 12.5 Å². The summed E-state index contributed by atoms with van der Waals surface area (Å²) in [6, 6.07) is 10.8. The molecule has 0 spiro atoms. The van der Waals surface area contributed by atoms with Crippen molar-refractivity contribution < 1.29 is 9.53 Å². The van der Waals surface area contributed by atoms with Gasteiger partial charge in [0.1, 0.15) is 18.5 Å². The van der Waals surface area contributed by atoms with Crippen LogP contribution in [0.3, 0.4) is 0 Å². The van der Waals surface area contributed by atoms with Crippen molar-refractivity contribution in [3.8, 4) is 6.01 Å². The number of benzene rings is 1. The van der Waals surface area contributed by atoms with Crippen molar-refractivity contribution >= 4 is 28.3 Å². The third-order valence-electron chi connectivity index (χ3n) is 8.61. The molecule has 1 aromatic carbocycles. The smallest absolute Gasteiger partial charge is 0.318 e. The number of nitrogens with zero attached hydrogens (tertiary/aromatic N) is 8. The Bertz CT molecular complexity index is 1480. The zero-order chi connectivity index (χ0) is 28.3. The van der Waals surface area contributed by atoms with Gasteiger partial charge in [-0.3, -0.25) is 9.78 Å². The highest BCUT2D eigenvalue weighted by Crippen LogP contribution is 2.34. The van der Waals surface area contributed by atoms with Crippen LogP contribution in [0, 0.1) is 6.57 Å². The number of hydrogen-bond acceptors (Lipinski definition) is 8. The average Bonchev–Trinajstić information content (AvgIpc) is 3.43. The second-order valence-corrected chi connectivity index (χ2v) is 11.0. The minimum atomic E-state index is -0.225. The van der Waals surface area contributed by atoms with E-state index < -0.39 is 0 Å². The van der Waals surface area contributed by atoms with Crippen LogP contribution >= 0.6 is 0 Å². The van der Waals surface area contributed by atoms with Crippen LogP contribution in [0.2, 0.25) is 0 Å². The van der Waals surface area contributed by atoms with E-state index in [9.17, 15) is 4.79 Å². The molecule has 6 rings (SSSR count). The Balaban J connectivity index is 1.33. The van der Waals surface area contributed by atoms with Gasteiger partial charge in [0.2, 0.25) is 12.5 Å². The van der Waals surface area contributed by atoms with Crippen LogP contribution < -0.4 is 14.5 Å². The van der Waals surface area contributed by atoms with E-state index in [1.54, 1.807) is 4.90 Å². The van der Waals surface area contributed by atoms with Gasteiger partial charge in [-0.15, -0.1) is 0 Å².